The summed E-state index contributed by atoms with van der Waals surface area (Å²) >= 11 is 0. The van der Waals surface area contributed by atoms with Crippen LogP contribution in [0.25, 0.3) is 0 Å². The van der Waals surface area contributed by atoms with Crippen molar-refractivity contribution in [1.29, 1.82) is 0 Å². The molecule has 0 saturated heterocycles. The summed E-state index contributed by atoms with van der Waals surface area (Å²) in [5.74, 6) is 0. The first-order valence-corrected chi connectivity index (χ1v) is 21.4. The topological polar surface area (TPSA) is 36.9 Å². The molecule has 0 atom stereocenters. The molecule has 0 aliphatic carbocycles. The summed E-state index contributed by atoms with van der Waals surface area (Å²) in [5.41, 5.74) is 0. The van der Waals surface area contributed by atoms with Crippen molar-refractivity contribution in [2.24, 2.45) is 0 Å². The Hall–Kier alpha value is -0.580. The number of ether oxygens (including phenoxy) is 4. The first-order chi connectivity index (χ1) is 23.3. The predicted molar refractivity (Wildman–Crippen MR) is 206 cm³/mol. The highest BCUT2D eigenvalue weighted by Crippen LogP contribution is 2.16. The quantitative estimate of drug-likeness (QED) is 0.0369. The van der Waals surface area contributed by atoms with Crippen LogP contribution in [0.3, 0.4) is 0 Å². The third kappa shape index (κ3) is 41.5. The maximum absolute atomic E-state index is 6.26. The van der Waals surface area contributed by atoms with E-state index in [1.165, 1.54) is 193 Å². The molecule has 282 valence electrons. The van der Waals surface area contributed by atoms with Crippen LogP contribution in [-0.2, 0) is 18.9 Å². The molecule has 0 aromatic heterocycles. The van der Waals surface area contributed by atoms with Crippen molar-refractivity contribution >= 4 is 0 Å². The molecule has 0 spiro atoms. The van der Waals surface area contributed by atoms with Gasteiger partial charge in [0, 0.05) is 13.2 Å². The van der Waals surface area contributed by atoms with Crippen LogP contribution in [0, 0.1) is 0 Å². The van der Waals surface area contributed by atoms with Crippen LogP contribution in [0.1, 0.15) is 233 Å². The Bertz CT molecular complexity index is 544. The molecule has 0 fully saturated rings. The van der Waals surface area contributed by atoms with Gasteiger partial charge in [-0.2, -0.15) is 0 Å². The van der Waals surface area contributed by atoms with E-state index >= 15 is 0 Å². The van der Waals surface area contributed by atoms with Crippen molar-refractivity contribution < 1.29 is 18.9 Å². The molecule has 0 heterocycles. The van der Waals surface area contributed by atoms with Crippen LogP contribution < -0.4 is 0 Å². The molecule has 0 unspecified atom stereocenters. The van der Waals surface area contributed by atoms with Gasteiger partial charge in [0.1, 0.15) is 0 Å². The van der Waals surface area contributed by atoms with Crippen LogP contribution in [0.5, 0.6) is 0 Å². The van der Waals surface area contributed by atoms with Gasteiger partial charge in [0.2, 0.25) is 0 Å². The molecule has 0 N–H and O–H groups in total. The summed E-state index contributed by atoms with van der Waals surface area (Å²) in [6.07, 6.45) is 47.4. The molecule has 0 aromatic carbocycles. The van der Waals surface area contributed by atoms with Gasteiger partial charge in [-0.3, -0.25) is 0 Å². The molecule has 0 radical (unpaired) electrons. The highest BCUT2D eigenvalue weighted by atomic mass is 16.7. The van der Waals surface area contributed by atoms with E-state index in [4.69, 9.17) is 18.9 Å². The fraction of sp³-hybridized carbons (Fsp3) is 0.953. The average Bonchev–Trinajstić information content (AvgIpc) is 3.08. The third-order valence-corrected chi connectivity index (χ3v) is 9.40. The van der Waals surface area contributed by atoms with Gasteiger partial charge < -0.3 is 18.9 Å². The monoisotopic (exact) mass is 667 g/mol. The van der Waals surface area contributed by atoms with E-state index in [2.05, 4.69) is 26.8 Å². The van der Waals surface area contributed by atoms with Crippen molar-refractivity contribution in [3.8, 4) is 0 Å². The van der Waals surface area contributed by atoms with Gasteiger partial charge >= 0.3 is 0 Å². The summed E-state index contributed by atoms with van der Waals surface area (Å²) < 4.78 is 23.6. The van der Waals surface area contributed by atoms with Crippen LogP contribution in [0.15, 0.2) is 12.3 Å². The van der Waals surface area contributed by atoms with Crippen molar-refractivity contribution in [2.45, 2.75) is 239 Å². The van der Waals surface area contributed by atoms with E-state index in [9.17, 15) is 0 Å². The van der Waals surface area contributed by atoms with E-state index in [1.807, 2.05) is 6.26 Å². The Morgan fingerprint density at radius 2 is 0.745 bits per heavy atom. The number of allylic oxidation sites excluding steroid dienone is 1. The summed E-state index contributed by atoms with van der Waals surface area (Å²) in [6, 6.07) is 0. The van der Waals surface area contributed by atoms with Crippen molar-refractivity contribution in [2.75, 3.05) is 26.6 Å². The molecule has 0 aromatic rings. The lowest BCUT2D eigenvalue weighted by atomic mass is 10.1. The first-order valence-electron chi connectivity index (χ1n) is 21.4. The predicted octanol–water partition coefficient (Wildman–Crippen LogP) is 14.8. The number of unbranched alkanes of at least 4 members (excludes halogenated alkanes) is 28. The summed E-state index contributed by atoms with van der Waals surface area (Å²) in [6.45, 7) is 9.80. The highest BCUT2D eigenvalue weighted by molar-refractivity contribution is 4.72. The molecule has 4 nitrogen and oxygen atoms in total. The second kappa shape index (κ2) is 43.4. The largest absolute Gasteiger partial charge is 0.475 e. The van der Waals surface area contributed by atoms with Crippen LogP contribution in [0.4, 0.5) is 0 Å². The molecule has 0 aliphatic rings. The summed E-state index contributed by atoms with van der Waals surface area (Å²) in [7, 11) is 0. The Labute approximate surface area is 296 Å². The first kappa shape index (κ1) is 46.4. The Balaban J connectivity index is 3.75. The highest BCUT2D eigenvalue weighted by Gasteiger charge is 2.09. The third-order valence-electron chi connectivity index (χ3n) is 9.40. The maximum Gasteiger partial charge on any atom is 0.188 e. The molecule has 0 amide bonds. The van der Waals surface area contributed by atoms with Gasteiger partial charge in [0.05, 0.1) is 12.9 Å². The van der Waals surface area contributed by atoms with Gasteiger partial charge in [-0.15, -0.1) is 0 Å². The Morgan fingerprint density at radius 1 is 0.383 bits per heavy atom. The molecule has 0 bridgehead atoms. The van der Waals surface area contributed by atoms with Crippen LogP contribution >= 0.6 is 0 Å². The SMILES string of the molecule is CCCCCCCCCCOCOC=CCCCCCCCCCC(OCCCCCCCCCC)OCCCCCCCCCC. The summed E-state index contributed by atoms with van der Waals surface area (Å²) in [5, 5.41) is 0. The van der Waals surface area contributed by atoms with Gasteiger partial charge in [0.25, 0.3) is 0 Å². The van der Waals surface area contributed by atoms with Crippen LogP contribution in [-0.4, -0.2) is 32.9 Å². The van der Waals surface area contributed by atoms with Gasteiger partial charge in [-0.25, -0.2) is 0 Å². The number of hydrogen-bond donors (Lipinski definition) is 0. The summed E-state index contributed by atoms with van der Waals surface area (Å²) in [4.78, 5) is 0. The minimum Gasteiger partial charge on any atom is -0.475 e. The zero-order valence-corrected chi connectivity index (χ0v) is 32.5. The second-order valence-corrected chi connectivity index (χ2v) is 14.2. The molecule has 0 aliphatic heterocycles. The van der Waals surface area contributed by atoms with E-state index in [0.717, 1.165) is 39.1 Å². The number of rotatable bonds is 42. The van der Waals surface area contributed by atoms with E-state index in [1.54, 1.807) is 0 Å². The van der Waals surface area contributed by atoms with Gasteiger partial charge in [0.15, 0.2) is 13.1 Å². The Morgan fingerprint density at radius 3 is 1.19 bits per heavy atom. The van der Waals surface area contributed by atoms with Gasteiger partial charge in [-0.1, -0.05) is 188 Å². The molecular formula is C43H86O4. The lowest BCUT2D eigenvalue weighted by molar-refractivity contribution is -0.148. The van der Waals surface area contributed by atoms with E-state index in [0.29, 0.717) is 6.79 Å². The molecule has 47 heavy (non-hydrogen) atoms. The van der Waals surface area contributed by atoms with Crippen LogP contribution in [0.2, 0.25) is 0 Å². The zero-order valence-electron chi connectivity index (χ0n) is 32.5. The molecule has 0 rings (SSSR count). The zero-order chi connectivity index (χ0) is 34.0. The lowest BCUT2D eigenvalue weighted by Gasteiger charge is -2.19. The van der Waals surface area contributed by atoms with Gasteiger partial charge in [-0.05, 0) is 51.0 Å². The second-order valence-electron chi connectivity index (χ2n) is 14.2. The van der Waals surface area contributed by atoms with E-state index < -0.39 is 0 Å². The molecular weight excluding hydrogens is 580 g/mol. The maximum atomic E-state index is 6.26. The smallest absolute Gasteiger partial charge is 0.188 e. The minimum atomic E-state index is 0.00798. The number of hydrogen-bond acceptors (Lipinski definition) is 4. The van der Waals surface area contributed by atoms with Crippen molar-refractivity contribution in [3.05, 3.63) is 12.3 Å². The molecule has 4 heteroatoms. The average molecular weight is 667 g/mol. The van der Waals surface area contributed by atoms with Crippen molar-refractivity contribution in [1.82, 2.24) is 0 Å². The fourth-order valence-corrected chi connectivity index (χ4v) is 6.19. The minimum absolute atomic E-state index is 0.00798. The normalized spacial score (nSPS) is 11.8. The van der Waals surface area contributed by atoms with E-state index in [-0.39, 0.29) is 6.29 Å². The standard InChI is InChI=1S/C43H86O4/c1-4-7-10-13-16-23-28-33-38-44-42-45-39-34-29-24-21-19-20-22-27-32-37-43(46-40-35-30-25-17-14-11-8-5-2)47-41-36-31-26-18-15-12-9-6-3/h34,39,43H,4-33,35-38,40-42H2,1-3H3. The molecule has 0 saturated carbocycles. The Kier molecular flexibility index (Phi) is 42.9. The fourth-order valence-electron chi connectivity index (χ4n) is 6.19. The lowest BCUT2D eigenvalue weighted by Crippen LogP contribution is -2.19. The van der Waals surface area contributed by atoms with Crippen molar-refractivity contribution in [3.63, 3.8) is 0 Å².